The first-order valence-electron chi connectivity index (χ1n) is 8.16. The van der Waals surface area contributed by atoms with Crippen molar-refractivity contribution in [2.24, 2.45) is 23.5 Å². The Morgan fingerprint density at radius 3 is 2.47 bits per heavy atom. The fourth-order valence-electron chi connectivity index (χ4n) is 3.84. The van der Waals surface area contributed by atoms with Gasteiger partial charge in [-0.05, 0) is 37.5 Å². The summed E-state index contributed by atoms with van der Waals surface area (Å²) < 4.78 is 5.44. The molecular formula is C16H29NO2. The molecule has 0 aromatic carbocycles. The predicted octanol–water partition coefficient (Wildman–Crippen LogP) is 3.26. The van der Waals surface area contributed by atoms with E-state index in [4.69, 9.17) is 10.5 Å². The Hall–Kier alpha value is -0.570. The van der Waals surface area contributed by atoms with Crippen molar-refractivity contribution in [3.63, 3.8) is 0 Å². The van der Waals surface area contributed by atoms with E-state index < -0.39 is 0 Å². The van der Waals surface area contributed by atoms with Gasteiger partial charge in [0, 0.05) is 6.04 Å². The Morgan fingerprint density at radius 1 is 1.11 bits per heavy atom. The van der Waals surface area contributed by atoms with Gasteiger partial charge in [-0.25, -0.2) is 0 Å². The maximum absolute atomic E-state index is 12.1. The lowest BCUT2D eigenvalue weighted by Gasteiger charge is -2.26. The van der Waals surface area contributed by atoms with E-state index in [9.17, 15) is 4.79 Å². The Bertz CT molecular complexity index is 290. The first-order chi connectivity index (χ1) is 9.24. The molecule has 2 saturated carbocycles. The zero-order valence-corrected chi connectivity index (χ0v) is 12.3. The maximum atomic E-state index is 12.1. The number of hydrogen-bond donors (Lipinski definition) is 1. The standard InChI is InChI=1S/C16H29NO2/c1-2-3-4-5-6-7-10-19-16(18)14-12-8-9-13(11-12)15(14)17/h12-15H,2-11,17H2,1H3. The summed E-state index contributed by atoms with van der Waals surface area (Å²) in [7, 11) is 0. The first-order valence-corrected chi connectivity index (χ1v) is 8.16. The van der Waals surface area contributed by atoms with Crippen molar-refractivity contribution in [1.29, 1.82) is 0 Å². The highest BCUT2D eigenvalue weighted by Gasteiger charge is 2.49. The van der Waals surface area contributed by atoms with Crippen LogP contribution in [0.5, 0.6) is 0 Å². The lowest BCUT2D eigenvalue weighted by molar-refractivity contribution is -0.151. The van der Waals surface area contributed by atoms with E-state index in [-0.39, 0.29) is 17.9 Å². The number of unbranched alkanes of at least 4 members (excludes halogenated alkanes) is 5. The third kappa shape index (κ3) is 3.71. The van der Waals surface area contributed by atoms with Gasteiger partial charge in [0.25, 0.3) is 0 Å². The summed E-state index contributed by atoms with van der Waals surface area (Å²) in [6, 6.07) is 0.0656. The van der Waals surface area contributed by atoms with Gasteiger partial charge in [0.15, 0.2) is 0 Å². The van der Waals surface area contributed by atoms with E-state index in [0.29, 0.717) is 18.4 Å². The van der Waals surface area contributed by atoms with Crippen molar-refractivity contribution >= 4 is 5.97 Å². The molecule has 4 unspecified atom stereocenters. The highest BCUT2D eigenvalue weighted by Crippen LogP contribution is 2.47. The molecular weight excluding hydrogens is 238 g/mol. The van der Waals surface area contributed by atoms with E-state index in [1.54, 1.807) is 0 Å². The van der Waals surface area contributed by atoms with E-state index in [0.717, 1.165) is 12.8 Å². The second-order valence-corrected chi connectivity index (χ2v) is 6.37. The van der Waals surface area contributed by atoms with Gasteiger partial charge in [-0.2, -0.15) is 0 Å². The fourth-order valence-corrected chi connectivity index (χ4v) is 3.84. The van der Waals surface area contributed by atoms with Gasteiger partial charge in [0.05, 0.1) is 12.5 Å². The van der Waals surface area contributed by atoms with Gasteiger partial charge in [-0.15, -0.1) is 0 Å². The molecule has 0 heterocycles. The number of fused-ring (bicyclic) bond motifs is 2. The summed E-state index contributed by atoms with van der Waals surface area (Å²) in [5, 5.41) is 0. The first kappa shape index (κ1) is 14.8. The number of ether oxygens (including phenoxy) is 1. The van der Waals surface area contributed by atoms with Crippen LogP contribution >= 0.6 is 0 Å². The largest absolute Gasteiger partial charge is 0.465 e. The second-order valence-electron chi connectivity index (χ2n) is 6.37. The highest BCUT2D eigenvalue weighted by atomic mass is 16.5. The van der Waals surface area contributed by atoms with Crippen LogP contribution in [-0.2, 0) is 9.53 Å². The molecule has 19 heavy (non-hydrogen) atoms. The molecule has 0 spiro atoms. The molecule has 0 amide bonds. The molecule has 2 rings (SSSR count). The van der Waals surface area contributed by atoms with Crippen molar-refractivity contribution in [2.45, 2.75) is 70.8 Å². The molecule has 3 nitrogen and oxygen atoms in total. The SMILES string of the molecule is CCCCCCCCOC(=O)C1C2CCC(C2)C1N. The number of hydrogen-bond acceptors (Lipinski definition) is 3. The Balaban J connectivity index is 1.57. The van der Waals surface area contributed by atoms with Gasteiger partial charge in [-0.1, -0.05) is 39.0 Å². The molecule has 3 heteroatoms. The third-order valence-corrected chi connectivity index (χ3v) is 4.99. The normalized spacial score (nSPS) is 32.7. The number of nitrogens with two attached hydrogens (primary N) is 1. The topological polar surface area (TPSA) is 52.3 Å². The summed E-state index contributed by atoms with van der Waals surface area (Å²) in [5.74, 6) is 1.07. The van der Waals surface area contributed by atoms with Crippen LogP contribution in [0, 0.1) is 17.8 Å². The van der Waals surface area contributed by atoms with Gasteiger partial charge >= 0.3 is 5.97 Å². The number of esters is 1. The molecule has 0 aliphatic heterocycles. The van der Waals surface area contributed by atoms with E-state index in [2.05, 4.69) is 6.92 Å². The number of carbonyl (C=O) groups excluding carboxylic acids is 1. The van der Waals surface area contributed by atoms with Crippen molar-refractivity contribution in [1.82, 2.24) is 0 Å². The number of carbonyl (C=O) groups is 1. The predicted molar refractivity (Wildman–Crippen MR) is 76.6 cm³/mol. The summed E-state index contributed by atoms with van der Waals surface area (Å²) >= 11 is 0. The van der Waals surface area contributed by atoms with Crippen LogP contribution in [-0.4, -0.2) is 18.6 Å². The minimum atomic E-state index is -0.0201. The zero-order chi connectivity index (χ0) is 13.7. The summed E-state index contributed by atoms with van der Waals surface area (Å²) in [5.41, 5.74) is 6.15. The van der Waals surface area contributed by atoms with Crippen molar-refractivity contribution < 1.29 is 9.53 Å². The molecule has 2 N–H and O–H groups in total. The molecule has 0 aromatic rings. The fraction of sp³-hybridized carbons (Fsp3) is 0.938. The van der Waals surface area contributed by atoms with Crippen molar-refractivity contribution in [2.75, 3.05) is 6.61 Å². The van der Waals surface area contributed by atoms with Crippen LogP contribution in [0.1, 0.15) is 64.7 Å². The van der Waals surface area contributed by atoms with Crippen LogP contribution < -0.4 is 5.73 Å². The molecule has 0 radical (unpaired) electrons. The molecule has 2 fully saturated rings. The Kier molecular flexibility index (Phi) is 5.68. The Labute approximate surface area is 117 Å². The molecule has 2 bridgehead atoms. The van der Waals surface area contributed by atoms with Crippen molar-refractivity contribution in [3.8, 4) is 0 Å². The molecule has 4 atom stereocenters. The average molecular weight is 267 g/mol. The van der Waals surface area contributed by atoms with E-state index >= 15 is 0 Å². The molecule has 0 saturated heterocycles. The molecule has 0 aromatic heterocycles. The van der Waals surface area contributed by atoms with Gasteiger partial charge in [0.1, 0.15) is 0 Å². The van der Waals surface area contributed by atoms with Gasteiger partial charge in [-0.3, -0.25) is 4.79 Å². The zero-order valence-electron chi connectivity index (χ0n) is 12.3. The van der Waals surface area contributed by atoms with Crippen LogP contribution in [0.4, 0.5) is 0 Å². The average Bonchev–Trinajstić information content (AvgIpc) is 2.98. The van der Waals surface area contributed by atoms with Crippen molar-refractivity contribution in [3.05, 3.63) is 0 Å². The monoisotopic (exact) mass is 267 g/mol. The summed E-state index contributed by atoms with van der Waals surface area (Å²) in [6.45, 7) is 2.81. The van der Waals surface area contributed by atoms with E-state index in [1.807, 2.05) is 0 Å². The van der Waals surface area contributed by atoms with Crippen LogP contribution in [0.15, 0.2) is 0 Å². The van der Waals surface area contributed by atoms with Crippen LogP contribution in [0.25, 0.3) is 0 Å². The van der Waals surface area contributed by atoms with Gasteiger partial charge in [0.2, 0.25) is 0 Å². The quantitative estimate of drug-likeness (QED) is 0.542. The minimum Gasteiger partial charge on any atom is -0.465 e. The molecule has 2 aliphatic rings. The lowest BCUT2D eigenvalue weighted by Crippen LogP contribution is -2.41. The summed E-state index contributed by atoms with van der Waals surface area (Å²) in [4.78, 5) is 12.1. The molecule has 110 valence electrons. The van der Waals surface area contributed by atoms with Crippen LogP contribution in [0.2, 0.25) is 0 Å². The van der Waals surface area contributed by atoms with Crippen LogP contribution in [0.3, 0.4) is 0 Å². The van der Waals surface area contributed by atoms with E-state index in [1.165, 1.54) is 44.9 Å². The minimum absolute atomic E-state index is 0.00107. The lowest BCUT2D eigenvalue weighted by atomic mass is 9.85. The second kappa shape index (κ2) is 7.28. The Morgan fingerprint density at radius 2 is 1.79 bits per heavy atom. The smallest absolute Gasteiger partial charge is 0.310 e. The maximum Gasteiger partial charge on any atom is 0.310 e. The third-order valence-electron chi connectivity index (χ3n) is 4.99. The van der Waals surface area contributed by atoms with Gasteiger partial charge < -0.3 is 10.5 Å². The summed E-state index contributed by atoms with van der Waals surface area (Å²) in [6.07, 6.45) is 10.9. The highest BCUT2D eigenvalue weighted by molar-refractivity contribution is 5.74. The molecule has 2 aliphatic carbocycles. The number of rotatable bonds is 8.